The molecule has 0 spiro atoms. The molecule has 7 aromatic rings. The first-order valence-electron chi connectivity index (χ1n) is 23.1. The molecule has 2 aliphatic heterocycles. The summed E-state index contributed by atoms with van der Waals surface area (Å²) >= 11 is 0. The molecule has 4 aromatic heterocycles. The Morgan fingerprint density at radius 3 is 1.51 bits per heavy atom. The van der Waals surface area contributed by atoms with Gasteiger partial charge in [0.1, 0.15) is 43.5 Å². The van der Waals surface area contributed by atoms with Crippen LogP contribution in [0, 0.1) is 36.5 Å². The predicted octanol–water partition coefficient (Wildman–Crippen LogP) is 9.47. The molecule has 0 bridgehead atoms. The highest BCUT2D eigenvalue weighted by atomic mass is 16.6. The molecule has 0 unspecified atom stereocenters. The topological polar surface area (TPSA) is 237 Å². The van der Waals surface area contributed by atoms with Gasteiger partial charge in [-0.15, -0.1) is 0 Å². The summed E-state index contributed by atoms with van der Waals surface area (Å²) in [6.07, 6.45) is 5.25. The van der Waals surface area contributed by atoms with Crippen LogP contribution < -0.4 is 26.0 Å². The zero-order chi connectivity index (χ0) is 49.5. The van der Waals surface area contributed by atoms with E-state index < -0.39 is 12.2 Å². The number of carbonyl (C=O) groups is 2. The number of nitrogens with zero attached hydrogens (tertiary/aromatic N) is 8. The number of benzene rings is 3. The van der Waals surface area contributed by atoms with Gasteiger partial charge in [0, 0.05) is 61.8 Å². The maximum atomic E-state index is 12.5. The van der Waals surface area contributed by atoms with Gasteiger partial charge in [0.05, 0.1) is 96.1 Å². The first-order valence-corrected chi connectivity index (χ1v) is 23.1. The lowest BCUT2D eigenvalue weighted by Crippen LogP contribution is -2.38. The number of phenolic OH excluding ortho intramolecular Hbond substituents is 1. The number of aryl methyl sites for hydroxylation is 2. The quantitative estimate of drug-likeness (QED) is 0.0601. The molecule has 2 aliphatic rings. The Bertz CT molecular complexity index is 3010. The highest BCUT2D eigenvalue weighted by Crippen LogP contribution is 2.34. The predicted molar refractivity (Wildman–Crippen MR) is 286 cm³/mol. The minimum absolute atomic E-state index is 0. The Labute approximate surface area is 432 Å². The van der Waals surface area contributed by atoms with E-state index >= 15 is 0 Å². The molecule has 0 radical (unpaired) electrons. The molecule has 2 saturated heterocycles. The van der Waals surface area contributed by atoms with E-state index in [0.29, 0.717) is 96.7 Å². The van der Waals surface area contributed by atoms with Crippen molar-refractivity contribution in [2.45, 2.75) is 42.7 Å². The second-order valence-electron chi connectivity index (χ2n) is 16.5. The molecule has 20 nitrogen and oxygen atoms in total. The van der Waals surface area contributed by atoms with Crippen LogP contribution in [-0.2, 0) is 25.6 Å². The molecule has 3 aromatic carbocycles. The number of hydrogen-bond donors (Lipinski definition) is 5. The Hall–Kier alpha value is -8.40. The summed E-state index contributed by atoms with van der Waals surface area (Å²) in [5, 5.41) is 49.6. The number of nitriles is 2. The summed E-state index contributed by atoms with van der Waals surface area (Å²) in [4.78, 5) is 29.2. The fraction of sp³-hybridized carbons (Fsp3) is 0.333. The first-order chi connectivity index (χ1) is 34.6. The van der Waals surface area contributed by atoms with Crippen LogP contribution in [0.3, 0.4) is 0 Å². The maximum absolute atomic E-state index is 12.5. The van der Waals surface area contributed by atoms with Crippen molar-refractivity contribution in [3.05, 3.63) is 131 Å². The fourth-order valence-corrected chi connectivity index (χ4v) is 7.94. The van der Waals surface area contributed by atoms with Crippen LogP contribution in [0.25, 0.3) is 11.0 Å². The number of morpholine rings is 2. The monoisotopic (exact) mass is 1010 g/mol. The van der Waals surface area contributed by atoms with E-state index in [1.165, 1.54) is 12.4 Å². The van der Waals surface area contributed by atoms with E-state index in [0.717, 1.165) is 54.3 Å². The van der Waals surface area contributed by atoms with Crippen molar-refractivity contribution in [1.29, 1.82) is 10.5 Å². The third-order valence-corrected chi connectivity index (χ3v) is 11.8. The number of anilines is 6. The zero-order valence-electron chi connectivity index (χ0n) is 39.4. The standard InChI is InChI=1S/C29H30N6O4.C22H24N6O4.3CH4/c1-21-26(33-29(36)38-16-13-34-11-14-37-15-12-34)19-35-28(21)27(23(17-30)18-31-35)32-24-7-9-25(10-8-24)39-20-22-5-3-2-4-6-22;1-15-19(26-22(30)32-11-8-27-6-9-31-10-7-27)14-28-21(15)20(16(12-23)13-24-28)25-17-2-4-18(29)5-3-17;;;/h2-10,18-19,32H,11-16,20H2,1H3,(H,33,36);2-5,13-14,25,29H,6-11H2,1H3,(H,26,30);3*1H4. The third-order valence-electron chi connectivity index (χ3n) is 11.8. The molecule has 9 rings (SSSR count). The van der Waals surface area contributed by atoms with E-state index in [2.05, 4.69) is 53.4 Å². The molecule has 6 heterocycles. The van der Waals surface area contributed by atoms with Crippen molar-refractivity contribution >= 4 is 57.3 Å². The molecule has 20 heteroatoms. The number of rotatable bonds is 15. The molecular formula is C54H66N12O8. The van der Waals surface area contributed by atoms with Crippen LogP contribution in [0.4, 0.5) is 43.7 Å². The second kappa shape index (κ2) is 27.4. The smallest absolute Gasteiger partial charge is 0.411 e. The average Bonchev–Trinajstić information content (AvgIpc) is 3.89. The molecule has 0 saturated carbocycles. The van der Waals surface area contributed by atoms with Crippen molar-refractivity contribution in [2.24, 2.45) is 0 Å². The van der Waals surface area contributed by atoms with Crippen molar-refractivity contribution in [3.63, 3.8) is 0 Å². The van der Waals surface area contributed by atoms with Crippen molar-refractivity contribution in [2.75, 3.05) is 100 Å². The van der Waals surface area contributed by atoms with Crippen LogP contribution in [0.2, 0.25) is 0 Å². The van der Waals surface area contributed by atoms with Crippen LogP contribution in [0.5, 0.6) is 11.5 Å². The number of phenols is 1. The Morgan fingerprint density at radius 1 is 0.649 bits per heavy atom. The number of aromatic hydroxyl groups is 1. The van der Waals surface area contributed by atoms with E-state index in [4.69, 9.17) is 23.7 Å². The Balaban J connectivity index is 0.000000268. The number of fused-ring (bicyclic) bond motifs is 2. The molecule has 74 heavy (non-hydrogen) atoms. The van der Waals surface area contributed by atoms with Crippen molar-refractivity contribution in [3.8, 4) is 23.6 Å². The largest absolute Gasteiger partial charge is 0.508 e. The van der Waals surface area contributed by atoms with Crippen molar-refractivity contribution in [1.82, 2.24) is 29.0 Å². The van der Waals surface area contributed by atoms with E-state index in [9.17, 15) is 25.2 Å². The third kappa shape index (κ3) is 14.6. The van der Waals surface area contributed by atoms with Crippen LogP contribution in [-0.4, -0.2) is 125 Å². The van der Waals surface area contributed by atoms with Gasteiger partial charge in [0.25, 0.3) is 0 Å². The van der Waals surface area contributed by atoms with Crippen LogP contribution in [0.1, 0.15) is 50.1 Å². The van der Waals surface area contributed by atoms with Crippen LogP contribution >= 0.6 is 0 Å². The van der Waals surface area contributed by atoms with E-state index in [1.807, 2.05) is 68.4 Å². The van der Waals surface area contributed by atoms with Crippen molar-refractivity contribution < 1.29 is 38.4 Å². The van der Waals surface area contributed by atoms with Crippen LogP contribution in [0.15, 0.2) is 104 Å². The number of ether oxygens (including phenoxy) is 5. The summed E-state index contributed by atoms with van der Waals surface area (Å²) in [6.45, 7) is 12.2. The minimum atomic E-state index is -0.550. The van der Waals surface area contributed by atoms with E-state index in [1.54, 1.807) is 45.7 Å². The number of nitrogens with one attached hydrogen (secondary N) is 4. The highest BCUT2D eigenvalue weighted by molar-refractivity contribution is 5.94. The fourth-order valence-electron chi connectivity index (χ4n) is 7.94. The summed E-state index contributed by atoms with van der Waals surface area (Å²) in [5.74, 6) is 0.885. The summed E-state index contributed by atoms with van der Waals surface area (Å²) in [7, 11) is 0. The van der Waals surface area contributed by atoms with Gasteiger partial charge in [0.15, 0.2) is 0 Å². The van der Waals surface area contributed by atoms with Gasteiger partial charge in [0.2, 0.25) is 0 Å². The summed E-state index contributed by atoms with van der Waals surface area (Å²) in [5.41, 5.74) is 8.38. The number of amides is 2. The summed E-state index contributed by atoms with van der Waals surface area (Å²) < 4.78 is 30.5. The second-order valence-corrected chi connectivity index (χ2v) is 16.5. The first kappa shape index (κ1) is 56.5. The Morgan fingerprint density at radius 2 is 1.08 bits per heavy atom. The van der Waals surface area contributed by atoms with E-state index in [-0.39, 0.29) is 41.2 Å². The Kier molecular flexibility index (Phi) is 20.9. The zero-order valence-corrected chi connectivity index (χ0v) is 39.4. The normalized spacial score (nSPS) is 13.2. The molecular weight excluding hydrogens is 945 g/mol. The lowest BCUT2D eigenvalue weighted by molar-refractivity contribution is 0.0288. The lowest BCUT2D eigenvalue weighted by atomic mass is 10.1. The van der Waals surface area contributed by atoms with Gasteiger partial charge in [-0.1, -0.05) is 52.6 Å². The molecule has 0 atom stereocenters. The minimum Gasteiger partial charge on any atom is -0.508 e. The van der Waals surface area contributed by atoms with Gasteiger partial charge in [-0.2, -0.15) is 20.7 Å². The van der Waals surface area contributed by atoms with Gasteiger partial charge < -0.3 is 39.4 Å². The molecule has 2 amide bonds. The van der Waals surface area contributed by atoms with Gasteiger partial charge in [-0.05, 0) is 67.9 Å². The number of aromatic nitrogens is 4. The SMILES string of the molecule is C.C.C.Cc1c(NC(=O)OCCN2CCOCC2)cn2ncc(C#N)c(Nc3ccc(O)cc3)c12.Cc1c(NC(=O)OCCN2CCOCC2)cn2ncc(C#N)c(Nc3ccc(OCc4ccccc4)cc3)c12. The van der Waals surface area contributed by atoms with Gasteiger partial charge in [-0.3, -0.25) is 20.4 Å². The number of carbonyl (C=O) groups excluding carboxylic acids is 2. The molecule has 390 valence electrons. The lowest BCUT2D eigenvalue weighted by Gasteiger charge is -2.26. The molecule has 0 aliphatic carbocycles. The molecule has 2 fully saturated rings. The summed E-state index contributed by atoms with van der Waals surface area (Å²) in [6, 6.07) is 28.4. The van der Waals surface area contributed by atoms with Gasteiger partial charge >= 0.3 is 12.2 Å². The highest BCUT2D eigenvalue weighted by Gasteiger charge is 2.20. The maximum Gasteiger partial charge on any atom is 0.411 e. The van der Waals surface area contributed by atoms with Gasteiger partial charge in [-0.25, -0.2) is 18.6 Å². The number of hydrogen-bond acceptors (Lipinski definition) is 16. The average molecular weight is 1010 g/mol. The molecule has 5 N–H and O–H groups in total.